The maximum Gasteiger partial charge on any atom is 0.387 e. The minimum Gasteiger partial charge on any atom is -0.475 e. The molecule has 0 N–H and O–H groups in total. The van der Waals surface area contributed by atoms with Gasteiger partial charge >= 0.3 is 16.3 Å². The molecular formula is C29H40N2O7S. The third-order valence-electron chi connectivity index (χ3n) is 7.10. The second kappa shape index (κ2) is 12.8. The summed E-state index contributed by atoms with van der Waals surface area (Å²) in [7, 11) is -4.09. The molecule has 2 aromatic rings. The summed E-state index contributed by atoms with van der Waals surface area (Å²) in [5.74, 6) is -0.315. The van der Waals surface area contributed by atoms with E-state index in [0.717, 1.165) is 16.8 Å². The van der Waals surface area contributed by atoms with Gasteiger partial charge in [0.25, 0.3) is 0 Å². The number of ether oxygens (including phenoxy) is 3. The second-order valence-electron chi connectivity index (χ2n) is 11.2. The predicted octanol–water partition coefficient (Wildman–Crippen LogP) is 4.64. The minimum absolute atomic E-state index is 0.208. The zero-order valence-corrected chi connectivity index (χ0v) is 24.2. The van der Waals surface area contributed by atoms with Crippen molar-refractivity contribution in [2.45, 2.75) is 64.9 Å². The van der Waals surface area contributed by atoms with Gasteiger partial charge in [0.05, 0.1) is 23.8 Å². The summed E-state index contributed by atoms with van der Waals surface area (Å²) in [6.45, 7) is 10.5. The van der Waals surface area contributed by atoms with Crippen molar-refractivity contribution >= 4 is 16.3 Å². The molecule has 0 spiro atoms. The fourth-order valence-electron chi connectivity index (χ4n) is 4.94. The number of carbonyl (C=O) groups is 1. The van der Waals surface area contributed by atoms with E-state index in [4.69, 9.17) is 18.4 Å². The zero-order chi connectivity index (χ0) is 28.0. The summed E-state index contributed by atoms with van der Waals surface area (Å²) in [5, 5.41) is 0. The van der Waals surface area contributed by atoms with Crippen molar-refractivity contribution in [2.75, 3.05) is 39.5 Å². The van der Waals surface area contributed by atoms with E-state index in [-0.39, 0.29) is 11.5 Å². The molecule has 3 heterocycles. The number of carbonyl (C=O) groups excluding carboxylic acids is 1. The zero-order valence-electron chi connectivity index (χ0n) is 23.4. The van der Waals surface area contributed by atoms with E-state index in [9.17, 15) is 13.2 Å². The Kier molecular flexibility index (Phi) is 9.64. The molecule has 0 saturated carbocycles. The average Bonchev–Trinajstić information content (AvgIpc) is 2.91. The highest BCUT2D eigenvalue weighted by molar-refractivity contribution is 7.84. The van der Waals surface area contributed by atoms with Crippen LogP contribution in [0.5, 0.6) is 5.88 Å². The molecule has 4 rings (SSSR count). The first-order valence-corrected chi connectivity index (χ1v) is 15.0. The van der Waals surface area contributed by atoms with E-state index in [1.54, 1.807) is 0 Å². The van der Waals surface area contributed by atoms with Crippen LogP contribution in [0.3, 0.4) is 0 Å². The molecule has 2 aliphatic heterocycles. The first-order chi connectivity index (χ1) is 18.5. The molecule has 1 aromatic carbocycles. The van der Waals surface area contributed by atoms with E-state index < -0.39 is 22.2 Å². The average molecular weight is 561 g/mol. The maximum absolute atomic E-state index is 12.7. The van der Waals surface area contributed by atoms with Crippen molar-refractivity contribution in [3.8, 4) is 17.1 Å². The van der Waals surface area contributed by atoms with Gasteiger partial charge in [-0.25, -0.2) is 4.98 Å². The van der Waals surface area contributed by atoms with Gasteiger partial charge in [-0.2, -0.15) is 12.7 Å². The summed E-state index contributed by atoms with van der Waals surface area (Å²) >= 11 is 0. The summed E-state index contributed by atoms with van der Waals surface area (Å²) < 4.78 is 48.4. The molecule has 0 unspecified atom stereocenters. The molecule has 10 heteroatoms. The molecule has 1 aromatic heterocycles. The smallest absolute Gasteiger partial charge is 0.387 e. The molecule has 0 atom stereocenters. The predicted molar refractivity (Wildman–Crippen MR) is 148 cm³/mol. The maximum atomic E-state index is 12.7. The van der Waals surface area contributed by atoms with Gasteiger partial charge in [0, 0.05) is 37.9 Å². The molecule has 0 amide bonds. The van der Waals surface area contributed by atoms with E-state index in [1.165, 1.54) is 9.87 Å². The van der Waals surface area contributed by atoms with Crippen molar-refractivity contribution in [3.05, 3.63) is 47.5 Å². The number of piperidine rings is 1. The number of hydrogen-bond acceptors (Lipinski definition) is 8. The number of pyridine rings is 1. The van der Waals surface area contributed by atoms with Gasteiger partial charge in [0.2, 0.25) is 5.88 Å². The van der Waals surface area contributed by atoms with Crippen molar-refractivity contribution in [3.63, 3.8) is 0 Å². The van der Waals surface area contributed by atoms with Crippen molar-refractivity contribution in [1.82, 2.24) is 9.29 Å². The van der Waals surface area contributed by atoms with Crippen LogP contribution in [0.2, 0.25) is 0 Å². The molecule has 0 radical (unpaired) electrons. The van der Waals surface area contributed by atoms with Crippen molar-refractivity contribution in [2.24, 2.45) is 5.92 Å². The standard InChI is InChI=1S/C29H40N2O7S/c1-21-20-24(8-9-25(21)26-6-5-7-27(30-26)36-18-19-37-29(2,3)4)22-10-14-31(15-11-22)39(33,34)38-28(32)23-12-16-35-17-13-23/h5-9,20,22-23H,10-19H2,1-4H3. The monoisotopic (exact) mass is 560 g/mol. The van der Waals surface area contributed by atoms with Crippen LogP contribution in [0, 0.1) is 12.8 Å². The Morgan fingerprint density at radius 3 is 2.44 bits per heavy atom. The molecule has 214 valence electrons. The molecule has 2 aliphatic rings. The first kappa shape index (κ1) is 29.5. The quantitative estimate of drug-likeness (QED) is 0.409. The Balaban J connectivity index is 1.33. The van der Waals surface area contributed by atoms with Gasteiger partial charge in [-0.1, -0.05) is 24.3 Å². The van der Waals surface area contributed by atoms with E-state index in [0.29, 0.717) is 71.1 Å². The van der Waals surface area contributed by atoms with Crippen LogP contribution in [0.4, 0.5) is 0 Å². The van der Waals surface area contributed by atoms with Crippen molar-refractivity contribution in [1.29, 1.82) is 0 Å². The fourth-order valence-corrected chi connectivity index (χ4v) is 6.05. The minimum atomic E-state index is -4.09. The number of benzene rings is 1. The molecule has 0 bridgehead atoms. The third kappa shape index (κ3) is 8.23. The van der Waals surface area contributed by atoms with Crippen molar-refractivity contribution < 1.29 is 31.6 Å². The normalized spacial score (nSPS) is 18.2. The Hall–Kier alpha value is -2.53. The lowest BCUT2D eigenvalue weighted by Crippen LogP contribution is -2.41. The highest BCUT2D eigenvalue weighted by Crippen LogP contribution is 2.33. The van der Waals surface area contributed by atoms with Gasteiger partial charge in [0.15, 0.2) is 0 Å². The van der Waals surface area contributed by atoms with Crippen LogP contribution in [-0.4, -0.2) is 68.8 Å². The van der Waals surface area contributed by atoms with Crippen LogP contribution >= 0.6 is 0 Å². The van der Waals surface area contributed by atoms with Crippen LogP contribution in [0.25, 0.3) is 11.3 Å². The Labute approximate surface area is 232 Å². The number of nitrogens with zero attached hydrogens (tertiary/aromatic N) is 2. The highest BCUT2D eigenvalue weighted by Gasteiger charge is 2.34. The largest absolute Gasteiger partial charge is 0.475 e. The molecule has 0 aliphatic carbocycles. The first-order valence-electron chi connectivity index (χ1n) is 13.7. The topological polar surface area (TPSA) is 104 Å². The lowest BCUT2D eigenvalue weighted by Gasteiger charge is -2.31. The lowest BCUT2D eigenvalue weighted by atomic mass is 9.88. The fraction of sp³-hybridized carbons (Fsp3) is 0.586. The molecule has 9 nitrogen and oxygen atoms in total. The summed E-state index contributed by atoms with van der Waals surface area (Å²) in [5.41, 5.74) is 3.91. The van der Waals surface area contributed by atoms with Gasteiger partial charge in [-0.05, 0) is 76.5 Å². The summed E-state index contributed by atoms with van der Waals surface area (Å²) in [6.07, 6.45) is 2.30. The van der Waals surface area contributed by atoms with Gasteiger partial charge < -0.3 is 18.4 Å². The SMILES string of the molecule is Cc1cc(C2CCN(S(=O)(=O)OC(=O)C3CCOCC3)CC2)ccc1-c1cccc(OCCOC(C)(C)C)n1. The van der Waals surface area contributed by atoms with Crippen LogP contribution < -0.4 is 4.74 Å². The Bertz CT molecular complexity index is 1230. The summed E-state index contributed by atoms with van der Waals surface area (Å²) in [4.78, 5) is 17.0. The van der Waals surface area contributed by atoms with Gasteiger partial charge in [0.1, 0.15) is 6.61 Å². The van der Waals surface area contributed by atoms with Crippen LogP contribution in [0.1, 0.15) is 63.5 Å². The van der Waals surface area contributed by atoms with E-state index >= 15 is 0 Å². The third-order valence-corrected chi connectivity index (χ3v) is 8.47. The highest BCUT2D eigenvalue weighted by atomic mass is 32.2. The molecule has 2 saturated heterocycles. The molecular weight excluding hydrogens is 520 g/mol. The molecule has 2 fully saturated rings. The number of hydrogen-bond donors (Lipinski definition) is 0. The number of aryl methyl sites for hydroxylation is 1. The molecule has 39 heavy (non-hydrogen) atoms. The van der Waals surface area contributed by atoms with Gasteiger partial charge in [-0.15, -0.1) is 0 Å². The van der Waals surface area contributed by atoms with E-state index in [2.05, 4.69) is 30.1 Å². The van der Waals surface area contributed by atoms with Crippen LogP contribution in [-0.2, 0) is 28.8 Å². The lowest BCUT2D eigenvalue weighted by molar-refractivity contribution is -0.141. The van der Waals surface area contributed by atoms with E-state index in [1.807, 2.05) is 39.0 Å². The summed E-state index contributed by atoms with van der Waals surface area (Å²) in [6, 6.07) is 12.0. The Morgan fingerprint density at radius 2 is 1.77 bits per heavy atom. The number of rotatable bonds is 9. The Morgan fingerprint density at radius 1 is 1.05 bits per heavy atom. The second-order valence-corrected chi connectivity index (χ2v) is 12.7. The van der Waals surface area contributed by atoms with Crippen LogP contribution in [0.15, 0.2) is 36.4 Å². The van der Waals surface area contributed by atoms with Gasteiger partial charge in [-0.3, -0.25) is 4.79 Å². The number of aromatic nitrogens is 1.